The van der Waals surface area contributed by atoms with Crippen LogP contribution in [0.2, 0.25) is 5.02 Å². The predicted octanol–water partition coefficient (Wildman–Crippen LogP) is 3.48. The minimum Gasteiger partial charge on any atom is -0.384 e. The van der Waals surface area contributed by atoms with Crippen molar-refractivity contribution < 1.29 is 4.74 Å². The molecular weight excluding hydrogens is 284 g/mol. The van der Waals surface area contributed by atoms with Gasteiger partial charge in [-0.2, -0.15) is 0 Å². The average molecular weight is 311 g/mol. The van der Waals surface area contributed by atoms with Gasteiger partial charge in [0.1, 0.15) is 0 Å². The van der Waals surface area contributed by atoms with Crippen molar-refractivity contribution in [2.24, 2.45) is 11.7 Å². The van der Waals surface area contributed by atoms with Gasteiger partial charge in [0.2, 0.25) is 0 Å². The summed E-state index contributed by atoms with van der Waals surface area (Å²) in [7, 11) is 1.79. The van der Waals surface area contributed by atoms with Crippen molar-refractivity contribution in [3.8, 4) is 0 Å². The summed E-state index contributed by atoms with van der Waals surface area (Å²) in [6.45, 7) is 5.15. The Bertz CT molecular complexity index is 444. The molecule has 4 heteroatoms. The zero-order chi connectivity index (χ0) is 15.2. The number of methoxy groups -OCH3 is 1. The van der Waals surface area contributed by atoms with Crippen LogP contribution in [0.5, 0.6) is 0 Å². The molecule has 3 nitrogen and oxygen atoms in total. The number of halogens is 1. The minimum absolute atomic E-state index is 0.218. The molecule has 1 aliphatic heterocycles. The summed E-state index contributed by atoms with van der Waals surface area (Å²) in [5, 5.41) is 0.804. The highest BCUT2D eigenvalue weighted by atomic mass is 35.5. The lowest BCUT2D eigenvalue weighted by molar-refractivity contribution is 0.139. The first-order valence-electron chi connectivity index (χ1n) is 7.92. The normalized spacial score (nSPS) is 18.0. The first-order valence-corrected chi connectivity index (χ1v) is 8.29. The number of rotatable bonds is 6. The van der Waals surface area contributed by atoms with E-state index < -0.39 is 0 Å². The predicted molar refractivity (Wildman–Crippen MR) is 90.2 cm³/mol. The number of hydrogen-bond acceptors (Lipinski definition) is 3. The van der Waals surface area contributed by atoms with Gasteiger partial charge in [-0.25, -0.2) is 0 Å². The van der Waals surface area contributed by atoms with Gasteiger partial charge in [0, 0.05) is 43.6 Å². The molecule has 1 saturated heterocycles. The number of benzene rings is 1. The first kappa shape index (κ1) is 16.6. The number of hydrogen-bond donors (Lipinski definition) is 1. The molecule has 0 spiro atoms. The highest BCUT2D eigenvalue weighted by Gasteiger charge is 2.21. The summed E-state index contributed by atoms with van der Waals surface area (Å²) < 4.78 is 5.28. The van der Waals surface area contributed by atoms with Gasteiger partial charge in [-0.15, -0.1) is 0 Å². The van der Waals surface area contributed by atoms with Crippen LogP contribution in [0.4, 0.5) is 5.69 Å². The van der Waals surface area contributed by atoms with E-state index in [0.717, 1.165) is 37.6 Å². The summed E-state index contributed by atoms with van der Waals surface area (Å²) in [6.07, 6.45) is 4.28. The van der Waals surface area contributed by atoms with Crippen molar-refractivity contribution in [3.63, 3.8) is 0 Å². The largest absolute Gasteiger partial charge is 0.384 e. The molecule has 1 unspecified atom stereocenters. The number of piperidine rings is 1. The van der Waals surface area contributed by atoms with E-state index in [1.54, 1.807) is 7.11 Å². The lowest BCUT2D eigenvalue weighted by Crippen LogP contribution is -2.36. The molecule has 2 N–H and O–H groups in total. The number of anilines is 1. The molecule has 0 aliphatic carbocycles. The molecule has 1 atom stereocenters. The van der Waals surface area contributed by atoms with Crippen LogP contribution in [0, 0.1) is 5.92 Å². The molecule has 0 radical (unpaired) electrons. The molecule has 1 aliphatic rings. The van der Waals surface area contributed by atoms with Crippen molar-refractivity contribution >= 4 is 17.3 Å². The fourth-order valence-corrected chi connectivity index (χ4v) is 3.17. The van der Waals surface area contributed by atoms with E-state index in [-0.39, 0.29) is 6.04 Å². The molecule has 1 fully saturated rings. The summed E-state index contributed by atoms with van der Waals surface area (Å²) in [4.78, 5) is 2.45. The van der Waals surface area contributed by atoms with Gasteiger partial charge in [0.25, 0.3) is 0 Å². The van der Waals surface area contributed by atoms with Gasteiger partial charge in [-0.3, -0.25) is 0 Å². The lowest BCUT2D eigenvalue weighted by Gasteiger charge is -2.35. The van der Waals surface area contributed by atoms with Gasteiger partial charge < -0.3 is 15.4 Å². The second-order valence-corrected chi connectivity index (χ2v) is 6.47. The third-order valence-corrected chi connectivity index (χ3v) is 4.65. The van der Waals surface area contributed by atoms with Gasteiger partial charge in [0.05, 0.1) is 0 Å². The summed E-state index contributed by atoms with van der Waals surface area (Å²) >= 11 is 6.21. The minimum atomic E-state index is 0.218. The van der Waals surface area contributed by atoms with Crippen molar-refractivity contribution in [1.82, 2.24) is 0 Å². The highest BCUT2D eigenvalue weighted by molar-refractivity contribution is 6.30. The van der Waals surface area contributed by atoms with Crippen LogP contribution >= 0.6 is 11.6 Å². The summed E-state index contributed by atoms with van der Waals surface area (Å²) in [5.74, 6) is 0.687. The SMILES string of the molecule is CCC(N)Cc1ccc(Cl)cc1N1CCC(COC)CC1. The van der Waals surface area contributed by atoms with E-state index in [4.69, 9.17) is 22.1 Å². The fraction of sp³-hybridized carbons (Fsp3) is 0.647. The first-order chi connectivity index (χ1) is 10.1. The Balaban J connectivity index is 2.09. The van der Waals surface area contributed by atoms with Crippen LogP contribution in [0.15, 0.2) is 18.2 Å². The molecule has 1 heterocycles. The van der Waals surface area contributed by atoms with Crippen LogP contribution < -0.4 is 10.6 Å². The Morgan fingerprint density at radius 1 is 1.38 bits per heavy atom. The van der Waals surface area contributed by atoms with Crippen molar-refractivity contribution in [1.29, 1.82) is 0 Å². The number of nitrogens with two attached hydrogens (primary N) is 1. The molecule has 118 valence electrons. The molecule has 1 aromatic rings. The molecule has 0 bridgehead atoms. The molecule has 0 saturated carbocycles. The Hall–Kier alpha value is -0.770. The molecule has 2 rings (SSSR count). The molecule has 0 aromatic heterocycles. The standard InChI is InChI=1S/C17H27ClN2O/c1-3-16(19)10-14-4-5-15(18)11-17(14)20-8-6-13(7-9-20)12-21-2/h4-5,11,13,16H,3,6-10,12,19H2,1-2H3. The third-order valence-electron chi connectivity index (χ3n) is 4.41. The maximum atomic E-state index is 6.21. The van der Waals surface area contributed by atoms with Crippen LogP contribution in [-0.4, -0.2) is 32.8 Å². The maximum absolute atomic E-state index is 6.21. The van der Waals surface area contributed by atoms with E-state index in [1.165, 1.54) is 24.1 Å². The second kappa shape index (κ2) is 8.02. The van der Waals surface area contributed by atoms with Gasteiger partial charge in [-0.05, 0) is 49.3 Å². The van der Waals surface area contributed by atoms with E-state index >= 15 is 0 Å². The van der Waals surface area contributed by atoms with Gasteiger partial charge >= 0.3 is 0 Å². The zero-order valence-electron chi connectivity index (χ0n) is 13.1. The van der Waals surface area contributed by atoms with E-state index in [9.17, 15) is 0 Å². The van der Waals surface area contributed by atoms with Crippen LogP contribution in [0.1, 0.15) is 31.7 Å². The average Bonchev–Trinajstić information content (AvgIpc) is 2.50. The van der Waals surface area contributed by atoms with Crippen molar-refractivity contribution in [2.45, 2.75) is 38.6 Å². The Kier molecular flexibility index (Phi) is 6.34. The maximum Gasteiger partial charge on any atom is 0.0491 e. The van der Waals surface area contributed by atoms with Crippen molar-refractivity contribution in [2.75, 3.05) is 31.7 Å². The van der Waals surface area contributed by atoms with E-state index in [1.807, 2.05) is 6.07 Å². The number of nitrogens with zero attached hydrogens (tertiary/aromatic N) is 1. The topological polar surface area (TPSA) is 38.5 Å². The zero-order valence-corrected chi connectivity index (χ0v) is 13.9. The van der Waals surface area contributed by atoms with E-state index in [2.05, 4.69) is 24.0 Å². The highest BCUT2D eigenvalue weighted by Crippen LogP contribution is 2.30. The van der Waals surface area contributed by atoms with Gasteiger partial charge in [-0.1, -0.05) is 24.6 Å². The van der Waals surface area contributed by atoms with Crippen molar-refractivity contribution in [3.05, 3.63) is 28.8 Å². The molecule has 21 heavy (non-hydrogen) atoms. The van der Waals surface area contributed by atoms with Crippen LogP contribution in [0.3, 0.4) is 0 Å². The smallest absolute Gasteiger partial charge is 0.0491 e. The molecule has 1 aromatic carbocycles. The quantitative estimate of drug-likeness (QED) is 0.874. The summed E-state index contributed by atoms with van der Waals surface area (Å²) in [5.41, 5.74) is 8.72. The second-order valence-electron chi connectivity index (χ2n) is 6.03. The summed E-state index contributed by atoms with van der Waals surface area (Å²) in [6, 6.07) is 6.42. The number of ether oxygens (including phenoxy) is 1. The van der Waals surface area contributed by atoms with E-state index in [0.29, 0.717) is 5.92 Å². The van der Waals surface area contributed by atoms with Gasteiger partial charge in [0.15, 0.2) is 0 Å². The third kappa shape index (κ3) is 4.60. The molecule has 0 amide bonds. The monoisotopic (exact) mass is 310 g/mol. The lowest BCUT2D eigenvalue weighted by atomic mass is 9.95. The van der Waals surface area contributed by atoms with Crippen LogP contribution in [-0.2, 0) is 11.2 Å². The Morgan fingerprint density at radius 3 is 2.71 bits per heavy atom. The Morgan fingerprint density at radius 2 is 2.10 bits per heavy atom. The molecular formula is C17H27ClN2O. The fourth-order valence-electron chi connectivity index (χ4n) is 3.01. The Labute approximate surface area is 133 Å². The van der Waals surface area contributed by atoms with Crippen LogP contribution in [0.25, 0.3) is 0 Å².